The van der Waals surface area contributed by atoms with E-state index in [4.69, 9.17) is 5.73 Å². The topological polar surface area (TPSA) is 103 Å². The molecule has 1 atom stereocenters. The van der Waals surface area contributed by atoms with E-state index >= 15 is 0 Å². The quantitative estimate of drug-likeness (QED) is 0.506. The lowest BCUT2D eigenvalue weighted by molar-refractivity contribution is -0.384. The van der Waals surface area contributed by atoms with Gasteiger partial charge in [-0.05, 0) is 12.1 Å². The fourth-order valence-electron chi connectivity index (χ4n) is 2.11. The average molecular weight is 342 g/mol. The van der Waals surface area contributed by atoms with Crippen molar-refractivity contribution < 1.29 is 22.9 Å². The first kappa shape index (κ1) is 17.3. The number of anilines is 1. The van der Waals surface area contributed by atoms with Crippen molar-refractivity contribution in [2.45, 2.75) is 12.2 Å². The molecule has 0 aliphatic heterocycles. The van der Waals surface area contributed by atoms with Crippen LogP contribution in [0, 0.1) is 10.1 Å². The average Bonchev–Trinajstić information content (AvgIpc) is 2.89. The van der Waals surface area contributed by atoms with Crippen molar-refractivity contribution in [3.8, 4) is 0 Å². The lowest BCUT2D eigenvalue weighted by Crippen LogP contribution is -2.38. The van der Waals surface area contributed by atoms with Gasteiger partial charge in [0.1, 0.15) is 0 Å². The summed E-state index contributed by atoms with van der Waals surface area (Å²) in [6.45, 7) is 0. The third-order valence-corrected chi connectivity index (χ3v) is 3.28. The molecule has 2 rings (SSSR count). The summed E-state index contributed by atoms with van der Waals surface area (Å²) in [5, 5.41) is 12.6. The number of nitro groups is 1. The van der Waals surface area contributed by atoms with E-state index in [1.54, 1.807) is 0 Å². The Hall–Kier alpha value is -3.04. The Morgan fingerprint density at radius 2 is 2.04 bits per heavy atom. The second-order valence-electron chi connectivity index (χ2n) is 5.09. The summed E-state index contributed by atoms with van der Waals surface area (Å²) >= 11 is 0. The van der Waals surface area contributed by atoms with Crippen LogP contribution in [0.3, 0.4) is 0 Å². The number of carbonyl (C=O) groups is 1. The molecule has 0 bridgehead atoms. The highest BCUT2D eigenvalue weighted by atomic mass is 19.4. The minimum Gasteiger partial charge on any atom is -0.398 e. The van der Waals surface area contributed by atoms with Gasteiger partial charge in [0.05, 0.1) is 10.5 Å². The van der Waals surface area contributed by atoms with Crippen LogP contribution in [-0.2, 0) is 7.05 Å². The zero-order chi connectivity index (χ0) is 18.1. The zero-order valence-corrected chi connectivity index (χ0v) is 12.4. The number of alkyl halides is 3. The van der Waals surface area contributed by atoms with Gasteiger partial charge >= 0.3 is 6.18 Å². The van der Waals surface area contributed by atoms with Crippen LogP contribution >= 0.6 is 0 Å². The first-order valence-electron chi connectivity index (χ1n) is 6.63. The minimum absolute atomic E-state index is 0.160. The van der Waals surface area contributed by atoms with E-state index < -0.39 is 34.3 Å². The summed E-state index contributed by atoms with van der Waals surface area (Å²) in [7, 11) is 1.54. The molecule has 3 N–H and O–H groups in total. The molecule has 10 heteroatoms. The van der Waals surface area contributed by atoms with Gasteiger partial charge in [0.15, 0.2) is 6.04 Å². The van der Waals surface area contributed by atoms with Crippen molar-refractivity contribution in [1.82, 2.24) is 9.88 Å². The van der Waals surface area contributed by atoms with Crippen molar-refractivity contribution in [2.24, 2.45) is 7.05 Å². The van der Waals surface area contributed by atoms with Crippen molar-refractivity contribution in [3.63, 3.8) is 0 Å². The maximum Gasteiger partial charge on any atom is 0.412 e. The lowest BCUT2D eigenvalue weighted by atomic mass is 10.1. The number of nitrogen functional groups attached to an aromatic ring is 1. The van der Waals surface area contributed by atoms with Gasteiger partial charge in [0, 0.05) is 42.8 Å². The molecule has 7 nitrogen and oxygen atoms in total. The monoisotopic (exact) mass is 342 g/mol. The third-order valence-electron chi connectivity index (χ3n) is 3.28. The number of aromatic nitrogens is 1. The fourth-order valence-corrected chi connectivity index (χ4v) is 2.11. The first-order chi connectivity index (χ1) is 11.1. The highest BCUT2D eigenvalue weighted by molar-refractivity contribution is 6.00. The van der Waals surface area contributed by atoms with Crippen LogP contribution in [0.2, 0.25) is 0 Å². The van der Waals surface area contributed by atoms with E-state index in [2.05, 4.69) is 0 Å². The van der Waals surface area contributed by atoms with Crippen LogP contribution in [-0.4, -0.2) is 21.6 Å². The zero-order valence-electron chi connectivity index (χ0n) is 12.4. The molecule has 1 aromatic heterocycles. The maximum absolute atomic E-state index is 13.2. The molecular formula is C14H13F3N4O3. The smallest absolute Gasteiger partial charge is 0.398 e. The van der Waals surface area contributed by atoms with Gasteiger partial charge in [0.25, 0.3) is 11.6 Å². The first-order valence-corrected chi connectivity index (χ1v) is 6.63. The van der Waals surface area contributed by atoms with Gasteiger partial charge < -0.3 is 15.6 Å². The van der Waals surface area contributed by atoms with Crippen molar-refractivity contribution in [2.75, 3.05) is 5.73 Å². The summed E-state index contributed by atoms with van der Waals surface area (Å²) in [6, 6.07) is 1.95. The summed E-state index contributed by atoms with van der Waals surface area (Å²) in [4.78, 5) is 22.1. The lowest BCUT2D eigenvalue weighted by Gasteiger charge is -2.21. The van der Waals surface area contributed by atoms with E-state index in [1.165, 1.54) is 30.1 Å². The number of hydrogen-bond donors (Lipinski definition) is 2. The maximum atomic E-state index is 13.2. The molecule has 128 valence electrons. The number of nitro benzene ring substituents is 1. The van der Waals surface area contributed by atoms with Crippen LogP contribution in [0.25, 0.3) is 0 Å². The molecule has 0 unspecified atom stereocenters. The molecule has 0 aliphatic rings. The number of nitrogens with one attached hydrogen (secondary N) is 1. The standard InChI is InChI=1S/C14H13F3N4O3/c1-20-5-4-8(7-20)12(14(15,16)17)19-13(22)10-6-9(21(23)24)2-3-11(10)18/h2-7,12H,18H2,1H3,(H,19,22)/t12-/m0/s1. The number of benzene rings is 1. The van der Waals surface area contributed by atoms with Gasteiger partial charge in [-0.1, -0.05) is 0 Å². The molecule has 0 radical (unpaired) electrons. The van der Waals surface area contributed by atoms with E-state index in [9.17, 15) is 28.1 Å². The van der Waals surface area contributed by atoms with E-state index in [-0.39, 0.29) is 11.3 Å². The number of rotatable bonds is 4. The number of aryl methyl sites for hydroxylation is 1. The van der Waals surface area contributed by atoms with Crippen LogP contribution < -0.4 is 11.1 Å². The van der Waals surface area contributed by atoms with Gasteiger partial charge in [-0.3, -0.25) is 14.9 Å². The Kier molecular flexibility index (Phi) is 4.49. The largest absolute Gasteiger partial charge is 0.412 e. The number of halogens is 3. The van der Waals surface area contributed by atoms with Crippen molar-refractivity contribution in [3.05, 3.63) is 57.9 Å². The molecule has 2 aromatic rings. The van der Waals surface area contributed by atoms with Gasteiger partial charge in [-0.2, -0.15) is 13.2 Å². The molecule has 1 amide bonds. The summed E-state index contributed by atoms with van der Waals surface area (Å²) in [5.74, 6) is -1.15. The Bertz CT molecular complexity index is 786. The molecule has 0 saturated carbocycles. The van der Waals surface area contributed by atoms with E-state index in [0.29, 0.717) is 0 Å². The number of amides is 1. The second kappa shape index (κ2) is 6.22. The van der Waals surface area contributed by atoms with Crippen molar-refractivity contribution >= 4 is 17.3 Å². The Morgan fingerprint density at radius 1 is 1.38 bits per heavy atom. The molecule has 0 spiro atoms. The number of nitrogens with two attached hydrogens (primary N) is 1. The molecule has 1 heterocycles. The van der Waals surface area contributed by atoms with Crippen molar-refractivity contribution in [1.29, 1.82) is 0 Å². The number of carbonyl (C=O) groups excluding carboxylic acids is 1. The van der Waals surface area contributed by atoms with Crippen LogP contribution in [0.4, 0.5) is 24.5 Å². The molecule has 0 fully saturated rings. The van der Waals surface area contributed by atoms with Gasteiger partial charge in [-0.25, -0.2) is 0 Å². The number of non-ortho nitro benzene ring substituents is 1. The highest BCUT2D eigenvalue weighted by Gasteiger charge is 2.42. The van der Waals surface area contributed by atoms with Crippen LogP contribution in [0.1, 0.15) is 22.0 Å². The fraction of sp³-hybridized carbons (Fsp3) is 0.214. The Morgan fingerprint density at radius 3 is 2.54 bits per heavy atom. The minimum atomic E-state index is -4.74. The van der Waals surface area contributed by atoms with Crippen LogP contribution in [0.5, 0.6) is 0 Å². The Labute approximate surface area is 134 Å². The highest BCUT2D eigenvalue weighted by Crippen LogP contribution is 2.33. The molecule has 0 aliphatic carbocycles. The van der Waals surface area contributed by atoms with Crippen LogP contribution in [0.15, 0.2) is 36.7 Å². The number of nitrogens with zero attached hydrogens (tertiary/aromatic N) is 2. The molecule has 24 heavy (non-hydrogen) atoms. The Balaban J connectivity index is 2.35. The number of hydrogen-bond acceptors (Lipinski definition) is 4. The van der Waals surface area contributed by atoms with E-state index in [0.717, 1.165) is 18.2 Å². The van der Waals surface area contributed by atoms with Gasteiger partial charge in [-0.15, -0.1) is 0 Å². The molecule has 0 saturated heterocycles. The summed E-state index contributed by atoms with van der Waals surface area (Å²) in [6.07, 6.45) is -2.12. The summed E-state index contributed by atoms with van der Waals surface area (Å²) < 4.78 is 41.1. The van der Waals surface area contributed by atoms with E-state index in [1.807, 2.05) is 5.32 Å². The predicted molar refractivity (Wildman–Crippen MR) is 79.2 cm³/mol. The van der Waals surface area contributed by atoms with Gasteiger partial charge in [0.2, 0.25) is 0 Å². The summed E-state index contributed by atoms with van der Waals surface area (Å²) in [5.41, 5.74) is 4.38. The second-order valence-corrected chi connectivity index (χ2v) is 5.09. The third kappa shape index (κ3) is 3.65. The SMILES string of the molecule is Cn1ccc([C@H](NC(=O)c2cc([N+](=O)[O-])ccc2N)C(F)(F)F)c1. The molecule has 1 aromatic carbocycles. The predicted octanol–water partition coefficient (Wildman–Crippen LogP) is 2.55. The molecular weight excluding hydrogens is 329 g/mol. The normalized spacial score (nSPS) is 12.7.